The largest absolute Gasteiger partial charge is 0.326 e. The van der Waals surface area contributed by atoms with Crippen molar-refractivity contribution in [3.63, 3.8) is 0 Å². The van der Waals surface area contributed by atoms with Crippen LogP contribution in [-0.4, -0.2) is 16.6 Å². The SMILES string of the molecule is CNC(C)(C)c1cncn1C(C)c1ccc(Cl)cc1Cl. The van der Waals surface area contributed by atoms with Crippen LogP contribution >= 0.6 is 23.2 Å². The molecule has 0 radical (unpaired) electrons. The Morgan fingerprint density at radius 2 is 2.00 bits per heavy atom. The summed E-state index contributed by atoms with van der Waals surface area (Å²) >= 11 is 12.3. The van der Waals surface area contributed by atoms with Crippen molar-refractivity contribution in [2.45, 2.75) is 32.4 Å². The first-order chi connectivity index (χ1) is 9.36. The van der Waals surface area contributed by atoms with Gasteiger partial charge in [-0.15, -0.1) is 0 Å². The minimum Gasteiger partial charge on any atom is -0.326 e. The summed E-state index contributed by atoms with van der Waals surface area (Å²) in [6.45, 7) is 6.35. The highest BCUT2D eigenvalue weighted by Crippen LogP contribution is 2.31. The Kier molecular flexibility index (Phi) is 4.43. The molecule has 1 aromatic heterocycles. The van der Waals surface area contributed by atoms with Crippen LogP contribution in [0.2, 0.25) is 10.0 Å². The molecule has 0 aliphatic heterocycles. The smallest absolute Gasteiger partial charge is 0.0954 e. The molecule has 0 aliphatic rings. The van der Waals surface area contributed by atoms with E-state index in [0.29, 0.717) is 10.0 Å². The molecule has 0 fully saturated rings. The molecule has 2 aromatic rings. The Hall–Kier alpha value is -1.03. The van der Waals surface area contributed by atoms with E-state index in [1.807, 2.05) is 31.7 Å². The summed E-state index contributed by atoms with van der Waals surface area (Å²) in [5, 5.41) is 4.62. The van der Waals surface area contributed by atoms with Crippen LogP contribution in [0.1, 0.15) is 38.1 Å². The van der Waals surface area contributed by atoms with Crippen molar-refractivity contribution in [3.05, 3.63) is 52.0 Å². The third-order valence-electron chi connectivity index (χ3n) is 3.76. The lowest BCUT2D eigenvalue weighted by Gasteiger charge is -2.28. The van der Waals surface area contributed by atoms with Crippen molar-refractivity contribution in [2.24, 2.45) is 0 Å². The maximum atomic E-state index is 6.31. The van der Waals surface area contributed by atoms with Gasteiger partial charge in [-0.05, 0) is 45.5 Å². The number of rotatable bonds is 4. The summed E-state index contributed by atoms with van der Waals surface area (Å²) < 4.78 is 2.13. The van der Waals surface area contributed by atoms with Crippen molar-refractivity contribution in [3.8, 4) is 0 Å². The topological polar surface area (TPSA) is 29.9 Å². The third kappa shape index (κ3) is 2.85. The Morgan fingerprint density at radius 3 is 2.60 bits per heavy atom. The molecule has 2 rings (SSSR count). The molecule has 0 amide bonds. The molecule has 0 saturated carbocycles. The van der Waals surface area contributed by atoms with Crippen LogP contribution in [0.3, 0.4) is 0 Å². The second-order valence-electron chi connectivity index (χ2n) is 5.40. The predicted molar refractivity (Wildman–Crippen MR) is 84.6 cm³/mol. The molecule has 0 bridgehead atoms. The summed E-state index contributed by atoms with van der Waals surface area (Å²) in [7, 11) is 1.94. The molecule has 0 spiro atoms. The number of imidazole rings is 1. The number of nitrogens with one attached hydrogen (secondary N) is 1. The molecule has 1 aromatic carbocycles. The molecule has 1 heterocycles. The van der Waals surface area contributed by atoms with Gasteiger partial charge in [0.1, 0.15) is 0 Å². The molecule has 0 saturated heterocycles. The Labute approximate surface area is 129 Å². The third-order valence-corrected chi connectivity index (χ3v) is 4.32. The average Bonchev–Trinajstić information content (AvgIpc) is 2.88. The van der Waals surface area contributed by atoms with Crippen LogP contribution in [0.25, 0.3) is 0 Å². The second-order valence-corrected chi connectivity index (χ2v) is 6.25. The molecule has 1 unspecified atom stereocenters. The van der Waals surface area contributed by atoms with Gasteiger partial charge in [-0.3, -0.25) is 0 Å². The first-order valence-electron chi connectivity index (χ1n) is 6.53. The van der Waals surface area contributed by atoms with Gasteiger partial charge in [0, 0.05) is 10.0 Å². The maximum Gasteiger partial charge on any atom is 0.0954 e. The number of aromatic nitrogens is 2. The van der Waals surface area contributed by atoms with Crippen LogP contribution in [0.4, 0.5) is 0 Å². The molecular formula is C15H19Cl2N3. The van der Waals surface area contributed by atoms with Gasteiger partial charge in [-0.25, -0.2) is 4.98 Å². The molecule has 3 nitrogen and oxygen atoms in total. The molecule has 108 valence electrons. The highest BCUT2D eigenvalue weighted by Gasteiger charge is 2.25. The lowest BCUT2D eigenvalue weighted by Crippen LogP contribution is -2.36. The maximum absolute atomic E-state index is 6.31. The van der Waals surface area contributed by atoms with Crippen molar-refractivity contribution in [1.82, 2.24) is 14.9 Å². The minimum atomic E-state index is -0.163. The van der Waals surface area contributed by atoms with E-state index in [1.54, 1.807) is 6.07 Å². The summed E-state index contributed by atoms with van der Waals surface area (Å²) in [5.41, 5.74) is 1.98. The zero-order chi connectivity index (χ0) is 14.9. The first kappa shape index (κ1) is 15.4. The van der Waals surface area contributed by atoms with Crippen LogP contribution in [-0.2, 0) is 5.54 Å². The van der Waals surface area contributed by atoms with E-state index in [2.05, 4.69) is 35.6 Å². The Balaban J connectivity index is 2.44. The molecule has 20 heavy (non-hydrogen) atoms. The summed E-state index contributed by atoms with van der Waals surface area (Å²) in [4.78, 5) is 4.28. The Bertz CT molecular complexity index is 605. The summed E-state index contributed by atoms with van der Waals surface area (Å²) in [6, 6.07) is 5.68. The lowest BCUT2D eigenvalue weighted by molar-refractivity contribution is 0.401. The number of benzene rings is 1. The van der Waals surface area contributed by atoms with E-state index < -0.39 is 0 Å². The first-order valence-corrected chi connectivity index (χ1v) is 7.28. The Morgan fingerprint density at radius 1 is 1.30 bits per heavy atom. The molecule has 0 aliphatic carbocycles. The minimum absolute atomic E-state index is 0.0879. The van der Waals surface area contributed by atoms with E-state index in [4.69, 9.17) is 23.2 Å². The number of halogens is 2. The van der Waals surface area contributed by atoms with Crippen LogP contribution in [0.5, 0.6) is 0 Å². The van der Waals surface area contributed by atoms with Crippen molar-refractivity contribution in [1.29, 1.82) is 0 Å². The van der Waals surface area contributed by atoms with Gasteiger partial charge in [-0.1, -0.05) is 29.3 Å². The fourth-order valence-corrected chi connectivity index (χ4v) is 2.78. The van der Waals surface area contributed by atoms with E-state index in [1.165, 1.54) is 0 Å². The fraction of sp³-hybridized carbons (Fsp3) is 0.400. The summed E-state index contributed by atoms with van der Waals surface area (Å²) in [6.07, 6.45) is 3.72. The molecule has 1 N–H and O–H groups in total. The van der Waals surface area contributed by atoms with Gasteiger partial charge in [0.15, 0.2) is 0 Å². The fourth-order valence-electron chi connectivity index (χ4n) is 2.22. The number of hydrogen-bond acceptors (Lipinski definition) is 2. The van der Waals surface area contributed by atoms with Gasteiger partial charge < -0.3 is 9.88 Å². The molecular weight excluding hydrogens is 293 g/mol. The molecule has 5 heteroatoms. The average molecular weight is 312 g/mol. The van der Waals surface area contributed by atoms with E-state index in [9.17, 15) is 0 Å². The number of hydrogen-bond donors (Lipinski definition) is 1. The highest BCUT2D eigenvalue weighted by molar-refractivity contribution is 6.35. The van der Waals surface area contributed by atoms with E-state index >= 15 is 0 Å². The van der Waals surface area contributed by atoms with Gasteiger partial charge >= 0.3 is 0 Å². The van der Waals surface area contributed by atoms with Gasteiger partial charge in [-0.2, -0.15) is 0 Å². The lowest BCUT2D eigenvalue weighted by atomic mass is 10.00. The van der Waals surface area contributed by atoms with E-state index in [-0.39, 0.29) is 11.6 Å². The predicted octanol–water partition coefficient (Wildman–Crippen LogP) is 4.25. The summed E-state index contributed by atoms with van der Waals surface area (Å²) in [5.74, 6) is 0. The van der Waals surface area contributed by atoms with Crippen LogP contribution in [0.15, 0.2) is 30.7 Å². The van der Waals surface area contributed by atoms with E-state index in [0.717, 1.165) is 11.3 Å². The molecule has 1 atom stereocenters. The normalized spacial score (nSPS) is 13.5. The quantitative estimate of drug-likeness (QED) is 0.914. The van der Waals surface area contributed by atoms with Crippen molar-refractivity contribution in [2.75, 3.05) is 7.05 Å². The van der Waals surface area contributed by atoms with Crippen molar-refractivity contribution < 1.29 is 0 Å². The monoisotopic (exact) mass is 311 g/mol. The van der Waals surface area contributed by atoms with Crippen LogP contribution < -0.4 is 5.32 Å². The zero-order valence-electron chi connectivity index (χ0n) is 12.1. The van der Waals surface area contributed by atoms with Crippen molar-refractivity contribution >= 4 is 23.2 Å². The van der Waals surface area contributed by atoms with Gasteiger partial charge in [0.05, 0.1) is 29.8 Å². The van der Waals surface area contributed by atoms with Gasteiger partial charge in [0.2, 0.25) is 0 Å². The van der Waals surface area contributed by atoms with Crippen LogP contribution in [0, 0.1) is 0 Å². The zero-order valence-corrected chi connectivity index (χ0v) is 13.6. The standard InChI is InChI=1S/C15H19Cl2N3/c1-10(12-6-5-11(16)7-13(12)17)20-9-19-8-14(20)15(2,3)18-4/h5-10,18H,1-4H3. The van der Waals surface area contributed by atoms with Gasteiger partial charge in [0.25, 0.3) is 0 Å². The number of nitrogens with zero attached hydrogens (tertiary/aromatic N) is 2. The highest BCUT2D eigenvalue weighted by atomic mass is 35.5. The second kappa shape index (κ2) is 5.76.